The van der Waals surface area contributed by atoms with E-state index in [9.17, 15) is 4.79 Å². The second-order valence-corrected chi connectivity index (χ2v) is 3.88. The highest BCUT2D eigenvalue weighted by Gasteiger charge is 2.15. The zero-order chi connectivity index (χ0) is 12.1. The van der Waals surface area contributed by atoms with Crippen molar-refractivity contribution in [1.82, 2.24) is 4.98 Å². The van der Waals surface area contributed by atoms with Gasteiger partial charge in [0.05, 0.1) is 16.9 Å². The Morgan fingerprint density at radius 2 is 2.38 bits per heavy atom. The molecule has 0 aliphatic carbocycles. The van der Waals surface area contributed by atoms with Gasteiger partial charge in [-0.05, 0) is 19.2 Å². The monoisotopic (exact) mass is 259 g/mol. The minimum atomic E-state index is -0.480. The normalized spacial score (nSPS) is 11.9. The van der Waals surface area contributed by atoms with Crippen LogP contribution in [0.1, 0.15) is 13.3 Å². The van der Waals surface area contributed by atoms with Crippen LogP contribution in [0.25, 0.3) is 0 Å². The maximum absolute atomic E-state index is 11.6. The van der Waals surface area contributed by atoms with Crippen molar-refractivity contribution in [3.05, 3.63) is 22.4 Å². The van der Waals surface area contributed by atoms with E-state index in [1.165, 1.54) is 12.3 Å². The van der Waals surface area contributed by atoms with Gasteiger partial charge in [0.2, 0.25) is 5.91 Å². The first kappa shape index (κ1) is 12.9. The van der Waals surface area contributed by atoms with Crippen LogP contribution in [0.3, 0.4) is 0 Å². The number of pyridine rings is 1. The SMILES string of the molecule is C=N[C@H](CC)C(=O)Nc1cnc(Cl)cc1Cl. The van der Waals surface area contributed by atoms with Crippen molar-refractivity contribution in [1.29, 1.82) is 0 Å². The Bertz CT molecular complexity index is 409. The summed E-state index contributed by atoms with van der Waals surface area (Å²) in [5.41, 5.74) is 0.415. The second kappa shape index (κ2) is 5.82. The van der Waals surface area contributed by atoms with Crippen LogP contribution in [-0.2, 0) is 4.79 Å². The van der Waals surface area contributed by atoms with Crippen molar-refractivity contribution in [3.8, 4) is 0 Å². The number of carbonyl (C=O) groups is 1. The molecule has 1 heterocycles. The fourth-order valence-corrected chi connectivity index (χ4v) is 1.53. The van der Waals surface area contributed by atoms with E-state index in [0.717, 1.165) is 0 Å². The Hall–Kier alpha value is -1.13. The molecule has 6 heteroatoms. The fraction of sp³-hybridized carbons (Fsp3) is 0.300. The number of halogens is 2. The first-order valence-electron chi connectivity index (χ1n) is 4.66. The Kier molecular flexibility index (Phi) is 4.71. The van der Waals surface area contributed by atoms with Crippen LogP contribution >= 0.6 is 23.2 Å². The van der Waals surface area contributed by atoms with Crippen LogP contribution in [0.2, 0.25) is 10.2 Å². The van der Waals surface area contributed by atoms with E-state index in [1.807, 2.05) is 6.92 Å². The lowest BCUT2D eigenvalue weighted by Crippen LogP contribution is -2.25. The molecule has 0 saturated carbocycles. The molecular formula is C10H11Cl2N3O. The molecule has 1 rings (SSSR count). The molecular weight excluding hydrogens is 249 g/mol. The average Bonchev–Trinajstić information content (AvgIpc) is 2.24. The van der Waals surface area contributed by atoms with Crippen LogP contribution in [-0.4, -0.2) is 23.7 Å². The summed E-state index contributed by atoms with van der Waals surface area (Å²) >= 11 is 11.5. The number of anilines is 1. The molecule has 0 spiro atoms. The quantitative estimate of drug-likeness (QED) is 0.668. The standard InChI is InChI=1S/C10H11Cl2N3O/c1-3-7(13-2)10(16)15-8-5-14-9(12)4-6(8)11/h4-5,7H,2-3H2,1H3,(H,15,16)/t7-/m1/s1. The van der Waals surface area contributed by atoms with Gasteiger partial charge in [-0.2, -0.15) is 0 Å². The van der Waals surface area contributed by atoms with E-state index in [1.54, 1.807) is 0 Å². The molecule has 0 bridgehead atoms. The molecule has 0 unspecified atom stereocenters. The molecule has 4 nitrogen and oxygen atoms in total. The van der Waals surface area contributed by atoms with Gasteiger partial charge in [-0.15, -0.1) is 0 Å². The third-order valence-corrected chi connectivity index (χ3v) is 2.51. The molecule has 1 N–H and O–H groups in total. The van der Waals surface area contributed by atoms with Gasteiger partial charge in [0, 0.05) is 0 Å². The van der Waals surface area contributed by atoms with Crippen molar-refractivity contribution >= 4 is 41.5 Å². The van der Waals surface area contributed by atoms with Gasteiger partial charge in [-0.1, -0.05) is 30.1 Å². The number of carbonyl (C=O) groups excluding carboxylic acids is 1. The molecule has 0 radical (unpaired) electrons. The minimum absolute atomic E-state index is 0.261. The van der Waals surface area contributed by atoms with Crippen molar-refractivity contribution in [2.45, 2.75) is 19.4 Å². The van der Waals surface area contributed by atoms with Crippen LogP contribution in [0.4, 0.5) is 5.69 Å². The van der Waals surface area contributed by atoms with Crippen LogP contribution in [0.5, 0.6) is 0 Å². The summed E-state index contributed by atoms with van der Waals surface area (Å²) in [6.07, 6.45) is 1.98. The van der Waals surface area contributed by atoms with Gasteiger partial charge in [0.15, 0.2) is 0 Å². The number of amides is 1. The lowest BCUT2D eigenvalue weighted by Gasteiger charge is -2.11. The van der Waals surface area contributed by atoms with Gasteiger partial charge in [0.1, 0.15) is 11.2 Å². The molecule has 0 saturated heterocycles. The van der Waals surface area contributed by atoms with Crippen molar-refractivity contribution in [3.63, 3.8) is 0 Å². The number of nitrogens with zero attached hydrogens (tertiary/aromatic N) is 2. The molecule has 1 aromatic heterocycles. The van der Waals surface area contributed by atoms with Crippen LogP contribution in [0.15, 0.2) is 17.3 Å². The number of aromatic nitrogens is 1. The number of hydrogen-bond acceptors (Lipinski definition) is 3. The maximum Gasteiger partial charge on any atom is 0.249 e. The van der Waals surface area contributed by atoms with Crippen molar-refractivity contribution < 1.29 is 4.79 Å². The molecule has 0 aliphatic rings. The largest absolute Gasteiger partial charge is 0.322 e. The molecule has 0 aliphatic heterocycles. The number of rotatable bonds is 4. The molecule has 0 fully saturated rings. The lowest BCUT2D eigenvalue weighted by atomic mass is 10.2. The maximum atomic E-state index is 11.6. The highest BCUT2D eigenvalue weighted by Crippen LogP contribution is 2.23. The topological polar surface area (TPSA) is 54.4 Å². The first-order chi connectivity index (χ1) is 7.58. The van der Waals surface area contributed by atoms with Crippen LogP contribution in [0, 0.1) is 0 Å². The summed E-state index contributed by atoms with van der Waals surface area (Å²) in [5.74, 6) is -0.261. The Morgan fingerprint density at radius 1 is 1.69 bits per heavy atom. The lowest BCUT2D eigenvalue weighted by molar-refractivity contribution is -0.117. The molecule has 0 aromatic carbocycles. The van der Waals surface area contributed by atoms with Gasteiger partial charge in [0.25, 0.3) is 0 Å². The number of nitrogens with one attached hydrogen (secondary N) is 1. The van der Waals surface area contributed by atoms with E-state index < -0.39 is 6.04 Å². The molecule has 86 valence electrons. The predicted octanol–water partition coefficient (Wildman–Crippen LogP) is 2.81. The third-order valence-electron chi connectivity index (χ3n) is 1.99. The average molecular weight is 260 g/mol. The summed E-state index contributed by atoms with van der Waals surface area (Å²) in [5, 5.41) is 3.23. The Balaban J connectivity index is 2.80. The second-order valence-electron chi connectivity index (χ2n) is 3.08. The summed E-state index contributed by atoms with van der Waals surface area (Å²) < 4.78 is 0. The van der Waals surface area contributed by atoms with Gasteiger partial charge >= 0.3 is 0 Å². The van der Waals surface area contributed by atoms with Gasteiger partial charge in [-0.25, -0.2) is 4.98 Å². The van der Waals surface area contributed by atoms with Gasteiger partial charge in [-0.3, -0.25) is 9.79 Å². The van der Waals surface area contributed by atoms with E-state index >= 15 is 0 Å². The number of aliphatic imine (C=N–C) groups is 1. The molecule has 1 amide bonds. The fourth-order valence-electron chi connectivity index (χ4n) is 1.11. The third kappa shape index (κ3) is 3.18. The highest BCUT2D eigenvalue weighted by atomic mass is 35.5. The minimum Gasteiger partial charge on any atom is -0.322 e. The Labute approximate surface area is 104 Å². The van der Waals surface area contributed by atoms with E-state index in [-0.39, 0.29) is 11.1 Å². The van der Waals surface area contributed by atoms with Crippen molar-refractivity contribution in [2.75, 3.05) is 5.32 Å². The van der Waals surface area contributed by atoms with E-state index in [0.29, 0.717) is 17.1 Å². The van der Waals surface area contributed by atoms with Crippen molar-refractivity contribution in [2.24, 2.45) is 4.99 Å². The molecule has 16 heavy (non-hydrogen) atoms. The summed E-state index contributed by atoms with van der Waals surface area (Å²) in [4.78, 5) is 19.2. The Morgan fingerprint density at radius 3 is 2.88 bits per heavy atom. The summed E-state index contributed by atoms with van der Waals surface area (Å²) in [7, 11) is 0. The van der Waals surface area contributed by atoms with E-state index in [4.69, 9.17) is 23.2 Å². The zero-order valence-electron chi connectivity index (χ0n) is 8.70. The van der Waals surface area contributed by atoms with Crippen LogP contribution < -0.4 is 5.32 Å². The highest BCUT2D eigenvalue weighted by molar-refractivity contribution is 6.36. The van der Waals surface area contributed by atoms with Gasteiger partial charge < -0.3 is 5.32 Å². The zero-order valence-corrected chi connectivity index (χ0v) is 10.2. The predicted molar refractivity (Wildman–Crippen MR) is 66.5 cm³/mol. The summed E-state index contributed by atoms with van der Waals surface area (Å²) in [6, 6.07) is 0.979. The van der Waals surface area contributed by atoms with E-state index in [2.05, 4.69) is 22.0 Å². The molecule has 1 atom stereocenters. The number of hydrogen-bond donors (Lipinski definition) is 1. The first-order valence-corrected chi connectivity index (χ1v) is 5.41. The smallest absolute Gasteiger partial charge is 0.249 e. The molecule has 1 aromatic rings. The summed E-state index contributed by atoms with van der Waals surface area (Å²) in [6.45, 7) is 5.20.